The molecule has 2 aromatic rings. The van der Waals surface area contributed by atoms with Gasteiger partial charge in [-0.1, -0.05) is 39.2 Å². The molecule has 3 unspecified atom stereocenters. The Balaban J connectivity index is 1.71. The van der Waals surface area contributed by atoms with Crippen molar-refractivity contribution >= 4 is 48.0 Å². The van der Waals surface area contributed by atoms with Gasteiger partial charge in [0, 0.05) is 5.56 Å². The molecule has 0 radical (unpaired) electrons. The van der Waals surface area contributed by atoms with Crippen LogP contribution in [0.4, 0.5) is 0 Å². The molecule has 0 spiro atoms. The SMILES string of the molecule is CCCCCC(C(=O)NCNC(=O)c1ccc(-c2ccc(C(=O)NC(CC(=O)O)C(=O)O)c(OCC(=O)O)c2)o1)C(CC)N(C=O)OC(=O)C1(C)CC1. The molecule has 0 saturated heterocycles. The maximum absolute atomic E-state index is 13.4. The van der Waals surface area contributed by atoms with Crippen molar-refractivity contribution in [1.29, 1.82) is 0 Å². The maximum atomic E-state index is 13.4. The quantitative estimate of drug-likeness (QED) is 0.0413. The van der Waals surface area contributed by atoms with Crippen molar-refractivity contribution in [3.05, 3.63) is 41.7 Å². The molecule has 1 aromatic carbocycles. The van der Waals surface area contributed by atoms with Crippen molar-refractivity contribution in [2.45, 2.75) is 84.2 Å². The summed E-state index contributed by atoms with van der Waals surface area (Å²) in [6, 6.07) is 3.95. The van der Waals surface area contributed by atoms with E-state index in [4.69, 9.17) is 24.2 Å². The summed E-state index contributed by atoms with van der Waals surface area (Å²) < 4.78 is 10.9. The minimum Gasteiger partial charge on any atom is -0.481 e. The number of benzene rings is 1. The molecule has 1 fully saturated rings. The normalized spacial score (nSPS) is 14.4. The first kappa shape index (κ1) is 41.5. The summed E-state index contributed by atoms with van der Waals surface area (Å²) in [5.41, 5.74) is -0.715. The number of carbonyl (C=O) groups is 8. The highest BCUT2D eigenvalue weighted by atomic mass is 16.7. The van der Waals surface area contributed by atoms with Crippen LogP contribution in [0.1, 0.15) is 93.1 Å². The summed E-state index contributed by atoms with van der Waals surface area (Å²) in [6.45, 7) is 4.32. The van der Waals surface area contributed by atoms with Crippen molar-refractivity contribution < 1.29 is 67.7 Å². The van der Waals surface area contributed by atoms with Gasteiger partial charge in [-0.15, -0.1) is 0 Å². The van der Waals surface area contributed by atoms with Crippen molar-refractivity contribution in [2.75, 3.05) is 13.3 Å². The highest BCUT2D eigenvalue weighted by molar-refractivity contribution is 6.00. The van der Waals surface area contributed by atoms with Gasteiger partial charge in [-0.05, 0) is 56.9 Å². The molecule has 4 amide bonds. The van der Waals surface area contributed by atoms with Crippen LogP contribution in [0.5, 0.6) is 5.75 Å². The third-order valence-electron chi connectivity index (χ3n) is 8.64. The lowest BCUT2D eigenvalue weighted by molar-refractivity contribution is -0.208. The van der Waals surface area contributed by atoms with E-state index in [9.17, 15) is 43.5 Å². The molecule has 0 bridgehead atoms. The van der Waals surface area contributed by atoms with Crippen LogP contribution in [0.2, 0.25) is 0 Å². The molecule has 1 aromatic heterocycles. The topological polar surface area (TPSA) is 268 Å². The molecular formula is C35H44N4O14. The lowest BCUT2D eigenvalue weighted by atomic mass is 9.90. The molecule has 288 valence electrons. The van der Waals surface area contributed by atoms with E-state index in [1.807, 2.05) is 6.92 Å². The van der Waals surface area contributed by atoms with Crippen LogP contribution in [0.15, 0.2) is 34.7 Å². The van der Waals surface area contributed by atoms with Gasteiger partial charge < -0.3 is 45.3 Å². The molecule has 1 aliphatic carbocycles. The smallest absolute Gasteiger partial charge is 0.341 e. The van der Waals surface area contributed by atoms with Gasteiger partial charge in [0.15, 0.2) is 12.4 Å². The molecule has 6 N–H and O–H groups in total. The summed E-state index contributed by atoms with van der Waals surface area (Å²) in [5.74, 6) is -8.37. The van der Waals surface area contributed by atoms with Crippen molar-refractivity contribution in [2.24, 2.45) is 11.3 Å². The van der Waals surface area contributed by atoms with Crippen LogP contribution in [-0.4, -0.2) is 93.8 Å². The molecule has 1 heterocycles. The zero-order valence-corrected chi connectivity index (χ0v) is 29.5. The van der Waals surface area contributed by atoms with Gasteiger partial charge in [-0.2, -0.15) is 5.06 Å². The minimum atomic E-state index is -1.78. The van der Waals surface area contributed by atoms with Gasteiger partial charge in [-0.3, -0.25) is 24.0 Å². The van der Waals surface area contributed by atoms with E-state index in [0.717, 1.165) is 17.9 Å². The van der Waals surface area contributed by atoms with Crippen LogP contribution in [0, 0.1) is 11.3 Å². The summed E-state index contributed by atoms with van der Waals surface area (Å²) in [4.78, 5) is 103. The van der Waals surface area contributed by atoms with Gasteiger partial charge in [0.1, 0.15) is 17.6 Å². The van der Waals surface area contributed by atoms with E-state index in [1.54, 1.807) is 13.8 Å². The second-order valence-electron chi connectivity index (χ2n) is 12.7. The lowest BCUT2D eigenvalue weighted by Gasteiger charge is -2.32. The fourth-order valence-corrected chi connectivity index (χ4v) is 5.30. The lowest BCUT2D eigenvalue weighted by Crippen LogP contribution is -2.49. The van der Waals surface area contributed by atoms with Crippen molar-refractivity contribution in [3.8, 4) is 17.1 Å². The monoisotopic (exact) mass is 744 g/mol. The number of hydroxylamine groups is 2. The summed E-state index contributed by atoms with van der Waals surface area (Å²) in [7, 11) is 0. The third kappa shape index (κ3) is 11.8. The maximum Gasteiger partial charge on any atom is 0.341 e. The van der Waals surface area contributed by atoms with Gasteiger partial charge in [0.05, 0.1) is 36.0 Å². The molecule has 1 aliphatic rings. The number of carboxylic acids is 3. The second kappa shape index (κ2) is 19.1. The Kier molecular flexibility index (Phi) is 14.9. The Bertz CT molecular complexity index is 1680. The number of amides is 4. The van der Waals surface area contributed by atoms with E-state index in [2.05, 4.69) is 16.0 Å². The number of furan rings is 1. The first-order valence-corrected chi connectivity index (χ1v) is 17.0. The number of unbranched alkanes of at least 4 members (excludes halogenated alkanes) is 2. The molecule has 1 saturated carbocycles. The highest BCUT2D eigenvalue weighted by Crippen LogP contribution is 2.46. The van der Waals surface area contributed by atoms with E-state index < -0.39 is 78.0 Å². The van der Waals surface area contributed by atoms with Crippen LogP contribution < -0.4 is 20.7 Å². The molecule has 0 aliphatic heterocycles. The van der Waals surface area contributed by atoms with Crippen molar-refractivity contribution in [1.82, 2.24) is 21.0 Å². The predicted octanol–water partition coefficient (Wildman–Crippen LogP) is 2.56. The van der Waals surface area contributed by atoms with Crippen LogP contribution >= 0.6 is 0 Å². The molecular weight excluding hydrogens is 700 g/mol. The number of aliphatic carboxylic acids is 3. The average Bonchev–Trinajstić information content (AvgIpc) is 3.67. The van der Waals surface area contributed by atoms with Gasteiger partial charge >= 0.3 is 23.9 Å². The minimum absolute atomic E-state index is 0.0888. The third-order valence-corrected chi connectivity index (χ3v) is 8.64. The number of ether oxygens (including phenoxy) is 1. The Morgan fingerprint density at radius 1 is 0.962 bits per heavy atom. The van der Waals surface area contributed by atoms with Crippen LogP contribution in [0.3, 0.4) is 0 Å². The second-order valence-corrected chi connectivity index (χ2v) is 12.7. The first-order valence-electron chi connectivity index (χ1n) is 17.0. The largest absolute Gasteiger partial charge is 0.481 e. The Labute approximate surface area is 304 Å². The predicted molar refractivity (Wildman–Crippen MR) is 182 cm³/mol. The summed E-state index contributed by atoms with van der Waals surface area (Å²) >= 11 is 0. The Morgan fingerprint density at radius 3 is 2.26 bits per heavy atom. The molecule has 18 heteroatoms. The highest BCUT2D eigenvalue weighted by Gasteiger charge is 2.48. The van der Waals surface area contributed by atoms with Crippen LogP contribution in [0.25, 0.3) is 11.3 Å². The number of nitrogens with zero attached hydrogens (tertiary/aromatic N) is 1. The van der Waals surface area contributed by atoms with Gasteiger partial charge in [0.25, 0.3) is 11.8 Å². The molecule has 3 atom stereocenters. The molecule has 3 rings (SSSR count). The number of carbonyl (C=O) groups excluding carboxylic acids is 5. The molecule has 18 nitrogen and oxygen atoms in total. The number of hydrogen-bond acceptors (Lipinski definition) is 11. The number of nitrogens with one attached hydrogen (secondary N) is 3. The van der Waals surface area contributed by atoms with E-state index >= 15 is 0 Å². The zero-order valence-electron chi connectivity index (χ0n) is 29.5. The number of hydrogen-bond donors (Lipinski definition) is 6. The van der Waals surface area contributed by atoms with E-state index in [0.29, 0.717) is 38.5 Å². The standard InChI is InChI=1S/C35H44N4O14/c1-4-6-7-8-21(24(5-2)39(19-40)53-34(50)35(3)13-14-35)30(45)36-18-37-32(47)26-12-11-25(52-26)20-9-10-22(27(15-20)51-17-29(43)44)31(46)38-23(33(48)49)16-28(41)42/h9-12,15,19,21,23-24H,4-8,13-14,16-18H2,1-3H3,(H,36,45)(H,37,47)(H,38,46)(H,41,42)(H,43,44)(H,48,49). The summed E-state index contributed by atoms with van der Waals surface area (Å²) in [6.07, 6.45) is 3.88. The van der Waals surface area contributed by atoms with E-state index in [1.165, 1.54) is 30.3 Å². The Hall–Kier alpha value is -5.94. The van der Waals surface area contributed by atoms with Crippen molar-refractivity contribution in [3.63, 3.8) is 0 Å². The molecule has 53 heavy (non-hydrogen) atoms. The first-order chi connectivity index (χ1) is 25.1. The van der Waals surface area contributed by atoms with Gasteiger partial charge in [0.2, 0.25) is 12.3 Å². The van der Waals surface area contributed by atoms with Gasteiger partial charge in [-0.25, -0.2) is 14.4 Å². The average molecular weight is 745 g/mol. The zero-order chi connectivity index (χ0) is 39.3. The fourth-order valence-electron chi connectivity index (χ4n) is 5.30. The van der Waals surface area contributed by atoms with E-state index in [-0.39, 0.29) is 35.1 Å². The summed E-state index contributed by atoms with van der Waals surface area (Å²) in [5, 5.41) is 35.5. The fraction of sp³-hybridized carbons (Fsp3) is 0.486. The number of carboxylic acid groups (broad SMARTS) is 3. The number of rotatable bonds is 23. The Morgan fingerprint density at radius 2 is 1.68 bits per heavy atom. The van der Waals surface area contributed by atoms with Crippen LogP contribution in [-0.2, 0) is 33.6 Å².